The summed E-state index contributed by atoms with van der Waals surface area (Å²) in [7, 11) is 0. The zero-order chi connectivity index (χ0) is 14.9. The van der Waals surface area contributed by atoms with E-state index >= 15 is 0 Å². The summed E-state index contributed by atoms with van der Waals surface area (Å²) in [5.74, 6) is 0. The minimum atomic E-state index is 1.12. The van der Waals surface area contributed by atoms with Gasteiger partial charge in [0.25, 0.3) is 0 Å². The van der Waals surface area contributed by atoms with E-state index in [2.05, 4.69) is 91.1 Å². The third kappa shape index (κ3) is 2.21. The van der Waals surface area contributed by atoms with E-state index in [4.69, 9.17) is 0 Å². The Morgan fingerprint density at radius 2 is 1.18 bits per heavy atom. The van der Waals surface area contributed by atoms with Gasteiger partial charge in [0.1, 0.15) is 0 Å². The molecule has 4 aromatic carbocycles. The molecule has 0 amide bonds. The maximum Gasteiger partial charge on any atom is 0.0543 e. The van der Waals surface area contributed by atoms with Gasteiger partial charge in [-0.1, -0.05) is 66.2 Å². The lowest BCUT2D eigenvalue weighted by molar-refractivity contribution is 1.46. The SMILES string of the molecule is Cc1ccc(Nc2c3ccccc3cc3ccccc23)cc1. The minimum Gasteiger partial charge on any atom is -0.355 e. The summed E-state index contributed by atoms with van der Waals surface area (Å²) in [5, 5.41) is 8.64. The van der Waals surface area contributed by atoms with Crippen molar-refractivity contribution in [1.29, 1.82) is 0 Å². The van der Waals surface area contributed by atoms with Crippen LogP contribution in [-0.4, -0.2) is 0 Å². The topological polar surface area (TPSA) is 12.0 Å². The molecule has 1 N–H and O–H groups in total. The Balaban J connectivity index is 1.97. The summed E-state index contributed by atoms with van der Waals surface area (Å²) in [6.45, 7) is 2.11. The zero-order valence-electron chi connectivity index (χ0n) is 12.5. The Hall–Kier alpha value is -2.80. The summed E-state index contributed by atoms with van der Waals surface area (Å²) in [6, 6.07) is 27.9. The molecule has 0 unspecified atom stereocenters. The summed E-state index contributed by atoms with van der Waals surface area (Å²) in [6.07, 6.45) is 0. The first-order valence-electron chi connectivity index (χ1n) is 7.55. The molecule has 1 nitrogen and oxygen atoms in total. The number of rotatable bonds is 2. The fraction of sp³-hybridized carbons (Fsp3) is 0.0476. The molecule has 0 aliphatic heterocycles. The normalized spacial score (nSPS) is 11.0. The van der Waals surface area contributed by atoms with Gasteiger partial charge in [-0.05, 0) is 35.9 Å². The van der Waals surface area contributed by atoms with Crippen LogP contribution in [0.15, 0.2) is 78.9 Å². The fourth-order valence-electron chi connectivity index (χ4n) is 2.93. The van der Waals surface area contributed by atoms with Crippen molar-refractivity contribution < 1.29 is 0 Å². The van der Waals surface area contributed by atoms with Gasteiger partial charge in [0, 0.05) is 16.5 Å². The van der Waals surface area contributed by atoms with E-state index in [9.17, 15) is 0 Å². The molecule has 0 heterocycles. The van der Waals surface area contributed by atoms with Gasteiger partial charge in [-0.3, -0.25) is 0 Å². The summed E-state index contributed by atoms with van der Waals surface area (Å²) >= 11 is 0. The van der Waals surface area contributed by atoms with Crippen molar-refractivity contribution in [3.8, 4) is 0 Å². The average Bonchev–Trinajstić information content (AvgIpc) is 2.56. The van der Waals surface area contributed by atoms with Gasteiger partial charge in [-0.25, -0.2) is 0 Å². The van der Waals surface area contributed by atoms with Crippen molar-refractivity contribution >= 4 is 32.9 Å². The van der Waals surface area contributed by atoms with Crippen LogP contribution in [0, 0.1) is 6.92 Å². The van der Waals surface area contributed by atoms with Crippen LogP contribution in [0.25, 0.3) is 21.5 Å². The number of fused-ring (bicyclic) bond motifs is 2. The predicted molar refractivity (Wildman–Crippen MR) is 95.9 cm³/mol. The van der Waals surface area contributed by atoms with Gasteiger partial charge in [-0.2, -0.15) is 0 Å². The van der Waals surface area contributed by atoms with Crippen LogP contribution in [0.4, 0.5) is 11.4 Å². The van der Waals surface area contributed by atoms with Gasteiger partial charge >= 0.3 is 0 Å². The van der Waals surface area contributed by atoms with E-state index in [1.54, 1.807) is 0 Å². The van der Waals surface area contributed by atoms with Gasteiger partial charge in [0.15, 0.2) is 0 Å². The molecular weight excluding hydrogens is 266 g/mol. The molecule has 0 spiro atoms. The van der Waals surface area contributed by atoms with Gasteiger partial charge in [0.2, 0.25) is 0 Å². The quantitative estimate of drug-likeness (QED) is 0.442. The monoisotopic (exact) mass is 283 g/mol. The van der Waals surface area contributed by atoms with E-state index in [1.165, 1.54) is 32.8 Å². The molecule has 1 heteroatoms. The molecule has 4 aromatic rings. The second kappa shape index (κ2) is 5.19. The van der Waals surface area contributed by atoms with Crippen molar-refractivity contribution in [1.82, 2.24) is 0 Å². The van der Waals surface area contributed by atoms with Crippen molar-refractivity contribution in [2.24, 2.45) is 0 Å². The minimum absolute atomic E-state index is 1.12. The average molecular weight is 283 g/mol. The molecule has 0 radical (unpaired) electrons. The van der Waals surface area contributed by atoms with Crippen molar-refractivity contribution in [3.63, 3.8) is 0 Å². The van der Waals surface area contributed by atoms with Crippen molar-refractivity contribution in [3.05, 3.63) is 84.4 Å². The number of hydrogen-bond donors (Lipinski definition) is 1. The van der Waals surface area contributed by atoms with Crippen LogP contribution >= 0.6 is 0 Å². The molecule has 0 aliphatic rings. The van der Waals surface area contributed by atoms with Gasteiger partial charge in [-0.15, -0.1) is 0 Å². The Labute approximate surface area is 130 Å². The van der Waals surface area contributed by atoms with Crippen molar-refractivity contribution in [2.45, 2.75) is 6.92 Å². The Bertz CT molecular complexity index is 898. The summed E-state index contributed by atoms with van der Waals surface area (Å²) in [5.41, 5.74) is 3.57. The Morgan fingerprint density at radius 1 is 0.636 bits per heavy atom. The first-order chi connectivity index (χ1) is 10.8. The summed E-state index contributed by atoms with van der Waals surface area (Å²) < 4.78 is 0. The van der Waals surface area contributed by atoms with E-state index < -0.39 is 0 Å². The molecule has 0 atom stereocenters. The first-order valence-corrected chi connectivity index (χ1v) is 7.55. The molecular formula is C21H17N. The number of aryl methyl sites for hydroxylation is 1. The van der Waals surface area contributed by atoms with Crippen LogP contribution in [0.1, 0.15) is 5.56 Å². The maximum atomic E-state index is 3.62. The number of hydrogen-bond acceptors (Lipinski definition) is 1. The smallest absolute Gasteiger partial charge is 0.0543 e. The third-order valence-corrected chi connectivity index (χ3v) is 4.09. The lowest BCUT2D eigenvalue weighted by Crippen LogP contribution is -1.93. The van der Waals surface area contributed by atoms with Crippen LogP contribution < -0.4 is 5.32 Å². The first kappa shape index (κ1) is 12.9. The molecule has 0 bridgehead atoms. The fourth-order valence-corrected chi connectivity index (χ4v) is 2.93. The van der Waals surface area contributed by atoms with Gasteiger partial charge < -0.3 is 5.32 Å². The van der Waals surface area contributed by atoms with Crippen LogP contribution in [0.5, 0.6) is 0 Å². The maximum absolute atomic E-state index is 3.62. The third-order valence-electron chi connectivity index (χ3n) is 4.09. The number of benzene rings is 4. The molecule has 0 saturated heterocycles. The lowest BCUT2D eigenvalue weighted by atomic mass is 10.0. The summed E-state index contributed by atoms with van der Waals surface area (Å²) in [4.78, 5) is 0. The standard InChI is InChI=1S/C21H17N/c1-15-10-12-18(13-11-15)22-21-19-8-4-2-6-16(19)14-17-7-3-5-9-20(17)21/h2-14,22H,1H3. The molecule has 0 fully saturated rings. The highest BCUT2D eigenvalue weighted by atomic mass is 14.9. The molecule has 22 heavy (non-hydrogen) atoms. The largest absolute Gasteiger partial charge is 0.355 e. The number of nitrogens with one attached hydrogen (secondary N) is 1. The van der Waals surface area contributed by atoms with E-state index in [-0.39, 0.29) is 0 Å². The zero-order valence-corrected chi connectivity index (χ0v) is 12.5. The van der Waals surface area contributed by atoms with E-state index in [1.807, 2.05) is 0 Å². The van der Waals surface area contributed by atoms with Crippen LogP contribution in [0.3, 0.4) is 0 Å². The highest BCUT2D eigenvalue weighted by Crippen LogP contribution is 2.34. The second-order valence-corrected chi connectivity index (χ2v) is 5.68. The Kier molecular flexibility index (Phi) is 3.05. The number of anilines is 2. The highest BCUT2D eigenvalue weighted by molar-refractivity contribution is 6.11. The second-order valence-electron chi connectivity index (χ2n) is 5.68. The van der Waals surface area contributed by atoms with Crippen LogP contribution in [-0.2, 0) is 0 Å². The molecule has 0 saturated carbocycles. The highest BCUT2D eigenvalue weighted by Gasteiger charge is 2.07. The van der Waals surface area contributed by atoms with Gasteiger partial charge in [0.05, 0.1) is 5.69 Å². The van der Waals surface area contributed by atoms with E-state index in [0.717, 1.165) is 5.69 Å². The molecule has 0 aliphatic carbocycles. The molecule has 106 valence electrons. The Morgan fingerprint density at radius 3 is 1.77 bits per heavy atom. The van der Waals surface area contributed by atoms with Crippen LogP contribution in [0.2, 0.25) is 0 Å². The lowest BCUT2D eigenvalue weighted by Gasteiger charge is -2.14. The molecule has 0 aromatic heterocycles. The molecule has 4 rings (SSSR count). The van der Waals surface area contributed by atoms with E-state index in [0.29, 0.717) is 0 Å². The van der Waals surface area contributed by atoms with Crippen molar-refractivity contribution in [2.75, 3.05) is 5.32 Å². The predicted octanol–water partition coefficient (Wildman–Crippen LogP) is 6.05.